The van der Waals surface area contributed by atoms with Crippen LogP contribution in [0.4, 0.5) is 10.9 Å². The van der Waals surface area contributed by atoms with Crippen LogP contribution in [-0.2, 0) is 7.05 Å². The summed E-state index contributed by atoms with van der Waals surface area (Å²) < 4.78 is 3.04. The molecule has 142 valence electrons. The normalized spacial score (nSPS) is 14.8. The molecule has 0 radical (unpaired) electrons. The summed E-state index contributed by atoms with van der Waals surface area (Å²) in [4.78, 5) is 18.7. The molecule has 0 N–H and O–H groups in total. The third-order valence-corrected chi connectivity index (χ3v) is 6.19. The van der Waals surface area contributed by atoms with E-state index in [0.717, 1.165) is 53.9 Å². The summed E-state index contributed by atoms with van der Waals surface area (Å²) in [6, 6.07) is 6.38. The fraction of sp³-hybridized carbons (Fsp3) is 0.300. The molecular weight excluding hydrogens is 370 g/mol. The maximum atomic E-state index is 4.88. The van der Waals surface area contributed by atoms with E-state index >= 15 is 0 Å². The second kappa shape index (κ2) is 6.87. The van der Waals surface area contributed by atoms with Crippen LogP contribution in [0.25, 0.3) is 21.5 Å². The molecule has 0 amide bonds. The van der Waals surface area contributed by atoms with Crippen LogP contribution in [-0.4, -0.2) is 50.9 Å². The quantitative estimate of drug-likeness (QED) is 0.535. The molecule has 1 saturated heterocycles. The van der Waals surface area contributed by atoms with E-state index in [0.29, 0.717) is 0 Å². The van der Waals surface area contributed by atoms with Crippen molar-refractivity contribution < 1.29 is 0 Å². The summed E-state index contributed by atoms with van der Waals surface area (Å²) in [5.41, 5.74) is 4.20. The summed E-state index contributed by atoms with van der Waals surface area (Å²) in [6.45, 7) is 5.78. The molecule has 8 heteroatoms. The van der Waals surface area contributed by atoms with Gasteiger partial charge in [-0.05, 0) is 18.6 Å². The zero-order chi connectivity index (χ0) is 19.1. The number of thiazole rings is 1. The van der Waals surface area contributed by atoms with E-state index in [-0.39, 0.29) is 0 Å². The molecular formula is C20H21N7S. The van der Waals surface area contributed by atoms with Crippen molar-refractivity contribution in [3.63, 3.8) is 0 Å². The van der Waals surface area contributed by atoms with Crippen molar-refractivity contribution >= 4 is 32.5 Å². The first kappa shape index (κ1) is 17.1. The minimum atomic E-state index is 0.856. The van der Waals surface area contributed by atoms with E-state index in [1.54, 1.807) is 22.2 Å². The second-order valence-corrected chi connectivity index (χ2v) is 8.07. The summed E-state index contributed by atoms with van der Waals surface area (Å²) in [5.74, 6) is 0.918. The Bertz CT molecular complexity index is 1120. The Labute approximate surface area is 167 Å². The molecule has 3 aromatic heterocycles. The maximum Gasteiger partial charge on any atom is 0.186 e. The first-order valence-electron chi connectivity index (χ1n) is 9.34. The summed E-state index contributed by atoms with van der Waals surface area (Å²) in [7, 11) is 1.91. The number of hydrogen-bond acceptors (Lipinski definition) is 7. The number of benzene rings is 1. The molecule has 5 rings (SSSR count). The highest BCUT2D eigenvalue weighted by atomic mass is 32.1. The maximum absolute atomic E-state index is 4.88. The van der Waals surface area contributed by atoms with Gasteiger partial charge in [0.15, 0.2) is 5.13 Å². The lowest BCUT2D eigenvalue weighted by Crippen LogP contribution is -2.46. The topological polar surface area (TPSA) is 63.0 Å². The summed E-state index contributed by atoms with van der Waals surface area (Å²) in [5, 5.41) is 5.34. The van der Waals surface area contributed by atoms with Crippen LogP contribution in [0.5, 0.6) is 0 Å². The van der Waals surface area contributed by atoms with Crippen molar-refractivity contribution in [3.05, 3.63) is 48.5 Å². The van der Waals surface area contributed by atoms with Crippen molar-refractivity contribution in [3.8, 4) is 11.3 Å². The molecule has 0 saturated carbocycles. The third kappa shape index (κ3) is 3.09. The van der Waals surface area contributed by atoms with Gasteiger partial charge >= 0.3 is 0 Å². The second-order valence-electron chi connectivity index (χ2n) is 7.06. The molecule has 0 unspecified atom stereocenters. The van der Waals surface area contributed by atoms with E-state index in [2.05, 4.69) is 45.0 Å². The molecule has 1 aliphatic heterocycles. The number of piperazine rings is 1. The molecule has 4 aromatic rings. The number of aryl methyl sites for hydroxylation is 2. The zero-order valence-electron chi connectivity index (χ0n) is 15.9. The van der Waals surface area contributed by atoms with Gasteiger partial charge in [-0.2, -0.15) is 5.10 Å². The minimum Gasteiger partial charge on any atom is -0.352 e. The highest BCUT2D eigenvalue weighted by molar-refractivity contribution is 7.22. The monoisotopic (exact) mass is 391 g/mol. The number of nitrogens with zero attached hydrogens (tertiary/aromatic N) is 7. The molecule has 7 nitrogen and oxygen atoms in total. The fourth-order valence-corrected chi connectivity index (χ4v) is 4.63. The van der Waals surface area contributed by atoms with Gasteiger partial charge in [0, 0.05) is 45.0 Å². The highest BCUT2D eigenvalue weighted by Gasteiger charge is 2.21. The third-order valence-electron chi connectivity index (χ3n) is 5.11. The van der Waals surface area contributed by atoms with Crippen LogP contribution >= 0.6 is 11.3 Å². The summed E-state index contributed by atoms with van der Waals surface area (Å²) >= 11 is 1.78. The lowest BCUT2D eigenvalue weighted by atomic mass is 10.2. The van der Waals surface area contributed by atoms with Gasteiger partial charge in [0.1, 0.15) is 5.82 Å². The first-order valence-corrected chi connectivity index (χ1v) is 10.2. The average Bonchev–Trinajstić information content (AvgIpc) is 3.36. The van der Waals surface area contributed by atoms with E-state index < -0.39 is 0 Å². The van der Waals surface area contributed by atoms with Gasteiger partial charge in [-0.15, -0.1) is 0 Å². The van der Waals surface area contributed by atoms with Gasteiger partial charge in [-0.25, -0.2) is 9.97 Å². The molecule has 0 atom stereocenters. The van der Waals surface area contributed by atoms with Crippen LogP contribution in [0, 0.1) is 6.92 Å². The van der Waals surface area contributed by atoms with Gasteiger partial charge in [0.05, 0.1) is 34.5 Å². The van der Waals surface area contributed by atoms with E-state index in [1.807, 2.05) is 25.6 Å². The van der Waals surface area contributed by atoms with Gasteiger partial charge in [-0.1, -0.05) is 23.5 Å². The van der Waals surface area contributed by atoms with Crippen molar-refractivity contribution in [1.82, 2.24) is 24.7 Å². The lowest BCUT2D eigenvalue weighted by molar-refractivity contribution is 0.645. The van der Waals surface area contributed by atoms with Crippen molar-refractivity contribution in [2.45, 2.75) is 6.92 Å². The lowest BCUT2D eigenvalue weighted by Gasteiger charge is -2.35. The van der Waals surface area contributed by atoms with E-state index in [4.69, 9.17) is 9.97 Å². The number of anilines is 2. The molecule has 1 aromatic carbocycles. The van der Waals surface area contributed by atoms with E-state index in [9.17, 15) is 0 Å². The molecule has 4 heterocycles. The van der Waals surface area contributed by atoms with Gasteiger partial charge in [-0.3, -0.25) is 9.67 Å². The molecule has 1 aliphatic rings. The number of para-hydroxylation sites is 1. The molecule has 0 aliphatic carbocycles. The SMILES string of the molecule is Cc1cccc2sc(N3CCN(c4cncc(-c5cnn(C)c5)n4)CC3)nc12. The smallest absolute Gasteiger partial charge is 0.186 e. The van der Waals surface area contributed by atoms with Gasteiger partial charge in [0.2, 0.25) is 0 Å². The Morgan fingerprint density at radius 3 is 2.54 bits per heavy atom. The Balaban J connectivity index is 1.32. The van der Waals surface area contributed by atoms with Crippen LogP contribution in [0.15, 0.2) is 43.0 Å². The van der Waals surface area contributed by atoms with Crippen LogP contribution < -0.4 is 9.80 Å². The summed E-state index contributed by atoms with van der Waals surface area (Å²) in [6.07, 6.45) is 7.42. The first-order chi connectivity index (χ1) is 13.7. The Morgan fingerprint density at radius 1 is 0.964 bits per heavy atom. The van der Waals surface area contributed by atoms with Crippen LogP contribution in [0.2, 0.25) is 0 Å². The molecule has 0 bridgehead atoms. The van der Waals surface area contributed by atoms with Gasteiger partial charge in [0.25, 0.3) is 0 Å². The Hall–Kier alpha value is -3.00. The Kier molecular flexibility index (Phi) is 4.20. The zero-order valence-corrected chi connectivity index (χ0v) is 16.7. The number of hydrogen-bond donors (Lipinski definition) is 0. The number of rotatable bonds is 3. The van der Waals surface area contributed by atoms with Gasteiger partial charge < -0.3 is 9.80 Å². The van der Waals surface area contributed by atoms with Crippen molar-refractivity contribution in [2.75, 3.05) is 36.0 Å². The minimum absolute atomic E-state index is 0.856. The highest BCUT2D eigenvalue weighted by Crippen LogP contribution is 2.31. The molecule has 1 fully saturated rings. The standard InChI is InChI=1S/C20H21N7S/c1-14-4-3-5-17-19(14)24-20(28-17)27-8-6-26(7-9-27)18-12-21-11-16(23-18)15-10-22-25(2)13-15/h3-5,10-13H,6-9H2,1-2H3. The van der Waals surface area contributed by atoms with Crippen LogP contribution in [0.1, 0.15) is 5.56 Å². The fourth-order valence-electron chi connectivity index (χ4n) is 3.54. The van der Waals surface area contributed by atoms with E-state index in [1.165, 1.54) is 10.3 Å². The number of aromatic nitrogens is 5. The van der Waals surface area contributed by atoms with Crippen LogP contribution in [0.3, 0.4) is 0 Å². The van der Waals surface area contributed by atoms with Crippen molar-refractivity contribution in [2.24, 2.45) is 7.05 Å². The Morgan fingerprint density at radius 2 is 1.79 bits per heavy atom. The predicted octanol–water partition coefficient (Wildman–Crippen LogP) is 3.12. The predicted molar refractivity (Wildman–Crippen MR) is 113 cm³/mol. The largest absolute Gasteiger partial charge is 0.352 e. The molecule has 0 spiro atoms. The molecule has 28 heavy (non-hydrogen) atoms. The number of fused-ring (bicyclic) bond motifs is 1. The van der Waals surface area contributed by atoms with Crippen molar-refractivity contribution in [1.29, 1.82) is 0 Å². The average molecular weight is 392 g/mol.